The Hall–Kier alpha value is -2.28. The van der Waals surface area contributed by atoms with E-state index in [1.165, 1.54) is 29.5 Å². The van der Waals surface area contributed by atoms with Crippen molar-refractivity contribution in [3.8, 4) is 5.69 Å². The van der Waals surface area contributed by atoms with E-state index >= 15 is 0 Å². The molecule has 3 N–H and O–H groups in total. The van der Waals surface area contributed by atoms with Gasteiger partial charge in [0.05, 0.1) is 11.9 Å². The van der Waals surface area contributed by atoms with E-state index in [0.29, 0.717) is 17.5 Å². The Labute approximate surface area is 145 Å². The van der Waals surface area contributed by atoms with Crippen LogP contribution in [0, 0.1) is 17.7 Å². The summed E-state index contributed by atoms with van der Waals surface area (Å²) in [7, 11) is 0. The molecule has 132 valence electrons. The van der Waals surface area contributed by atoms with Gasteiger partial charge in [-0.1, -0.05) is 6.42 Å². The molecule has 1 aromatic heterocycles. The van der Waals surface area contributed by atoms with Crippen LogP contribution in [0.4, 0.5) is 4.39 Å². The average molecular weight is 343 g/mol. The average Bonchev–Trinajstić information content (AvgIpc) is 3.06. The van der Waals surface area contributed by atoms with Crippen LogP contribution in [0.2, 0.25) is 0 Å². The van der Waals surface area contributed by atoms with E-state index in [1.807, 2.05) is 0 Å². The lowest BCUT2D eigenvalue weighted by Gasteiger charge is -2.45. The molecule has 1 amide bonds. The fourth-order valence-electron chi connectivity index (χ4n) is 4.32. The van der Waals surface area contributed by atoms with Crippen molar-refractivity contribution in [2.75, 3.05) is 0 Å². The molecule has 2 saturated carbocycles. The van der Waals surface area contributed by atoms with Crippen molar-refractivity contribution in [1.82, 2.24) is 20.3 Å². The lowest BCUT2D eigenvalue weighted by atomic mass is 9.67. The van der Waals surface area contributed by atoms with E-state index in [4.69, 9.17) is 5.73 Å². The zero-order valence-electron chi connectivity index (χ0n) is 13.9. The summed E-state index contributed by atoms with van der Waals surface area (Å²) in [4.78, 5) is 13.9. The number of hydrogen-bond donors (Lipinski definition) is 2. The lowest BCUT2D eigenvalue weighted by molar-refractivity contribution is 0.0751. The van der Waals surface area contributed by atoms with Crippen LogP contribution in [-0.2, 0) is 0 Å². The monoisotopic (exact) mass is 343 g/mol. The van der Waals surface area contributed by atoms with Crippen molar-refractivity contribution >= 4 is 5.91 Å². The highest BCUT2D eigenvalue weighted by atomic mass is 19.1. The maximum atomic E-state index is 13.0. The van der Waals surface area contributed by atoms with Gasteiger partial charge in [-0.15, -0.1) is 5.10 Å². The predicted octanol–water partition coefficient (Wildman–Crippen LogP) is 2.04. The van der Waals surface area contributed by atoms with Gasteiger partial charge in [-0.25, -0.2) is 4.39 Å². The number of nitrogens with one attached hydrogen (secondary N) is 1. The van der Waals surface area contributed by atoms with Gasteiger partial charge in [-0.05, 0) is 61.8 Å². The highest BCUT2D eigenvalue weighted by molar-refractivity contribution is 5.92. The maximum Gasteiger partial charge on any atom is 0.273 e. The van der Waals surface area contributed by atoms with Crippen LogP contribution < -0.4 is 11.1 Å². The van der Waals surface area contributed by atoms with Crippen molar-refractivity contribution in [2.45, 2.75) is 44.2 Å². The van der Waals surface area contributed by atoms with E-state index in [-0.39, 0.29) is 29.5 Å². The van der Waals surface area contributed by atoms with Crippen molar-refractivity contribution in [3.05, 3.63) is 42.0 Å². The summed E-state index contributed by atoms with van der Waals surface area (Å²) in [5, 5.41) is 11.5. The van der Waals surface area contributed by atoms with Crippen LogP contribution in [0.5, 0.6) is 0 Å². The Morgan fingerprint density at radius 2 is 1.88 bits per heavy atom. The second kappa shape index (κ2) is 6.55. The number of fused-ring (bicyclic) bond motifs is 2. The molecule has 2 fully saturated rings. The number of aromatic nitrogens is 3. The van der Waals surface area contributed by atoms with Crippen molar-refractivity contribution in [1.29, 1.82) is 0 Å². The van der Waals surface area contributed by atoms with E-state index in [1.54, 1.807) is 12.1 Å². The van der Waals surface area contributed by atoms with E-state index in [9.17, 15) is 9.18 Å². The number of rotatable bonds is 3. The Kier molecular flexibility index (Phi) is 4.25. The van der Waals surface area contributed by atoms with Crippen LogP contribution >= 0.6 is 0 Å². The minimum Gasteiger partial charge on any atom is -0.347 e. The van der Waals surface area contributed by atoms with Crippen LogP contribution in [-0.4, -0.2) is 33.0 Å². The number of carbonyl (C=O) groups is 1. The Bertz CT molecular complexity index is 745. The molecule has 0 radical (unpaired) electrons. The smallest absolute Gasteiger partial charge is 0.273 e. The molecule has 2 aromatic rings. The summed E-state index contributed by atoms with van der Waals surface area (Å²) in [5.41, 5.74) is 7.03. The molecule has 0 saturated heterocycles. The van der Waals surface area contributed by atoms with Gasteiger partial charge in [0, 0.05) is 12.1 Å². The normalized spacial score (nSPS) is 28.6. The third kappa shape index (κ3) is 3.28. The number of nitrogens with two attached hydrogens (primary N) is 1. The van der Waals surface area contributed by atoms with Crippen molar-refractivity contribution in [3.63, 3.8) is 0 Å². The van der Waals surface area contributed by atoms with Gasteiger partial charge in [0.2, 0.25) is 0 Å². The molecule has 2 unspecified atom stereocenters. The molecular formula is C18H22FN5O. The molecule has 25 heavy (non-hydrogen) atoms. The van der Waals surface area contributed by atoms with Crippen LogP contribution in [0.3, 0.4) is 0 Å². The third-order valence-corrected chi connectivity index (χ3v) is 5.46. The quantitative estimate of drug-likeness (QED) is 0.893. The molecule has 2 aliphatic rings. The first-order valence-electron chi connectivity index (χ1n) is 8.85. The maximum absolute atomic E-state index is 13.0. The number of halogens is 1. The van der Waals surface area contributed by atoms with E-state index < -0.39 is 0 Å². The zero-order chi connectivity index (χ0) is 17.4. The molecule has 0 spiro atoms. The number of carbonyl (C=O) groups excluding carboxylic acids is 1. The Balaban J connectivity index is 1.47. The van der Waals surface area contributed by atoms with Gasteiger partial charge in [0.15, 0.2) is 5.69 Å². The summed E-state index contributed by atoms with van der Waals surface area (Å²) in [6.45, 7) is 0. The van der Waals surface area contributed by atoms with Crippen molar-refractivity contribution < 1.29 is 9.18 Å². The molecule has 4 rings (SSSR count). The number of amides is 1. The van der Waals surface area contributed by atoms with Gasteiger partial charge in [-0.2, -0.15) is 9.90 Å². The number of hydrogen-bond acceptors (Lipinski definition) is 4. The standard InChI is InChI=1S/C18H22FN5O/c19-13-4-6-15(7-5-13)24-21-10-16(23-24)18(25)22-17-11-2-1-3-12(17)9-14(20)8-11/h4-7,10-12,14,17H,1-3,8-9,20H2,(H,22,25). The third-order valence-electron chi connectivity index (χ3n) is 5.46. The molecule has 6 nitrogen and oxygen atoms in total. The first kappa shape index (κ1) is 16.2. The predicted molar refractivity (Wildman–Crippen MR) is 90.6 cm³/mol. The second-order valence-corrected chi connectivity index (χ2v) is 7.18. The highest BCUT2D eigenvalue weighted by Gasteiger charge is 2.40. The van der Waals surface area contributed by atoms with Gasteiger partial charge in [0.25, 0.3) is 5.91 Å². The van der Waals surface area contributed by atoms with Gasteiger partial charge in [0.1, 0.15) is 5.82 Å². The van der Waals surface area contributed by atoms with Gasteiger partial charge in [-0.3, -0.25) is 4.79 Å². The van der Waals surface area contributed by atoms with Crippen LogP contribution in [0.1, 0.15) is 42.6 Å². The molecule has 2 atom stereocenters. The minimum absolute atomic E-state index is 0.178. The largest absolute Gasteiger partial charge is 0.347 e. The van der Waals surface area contributed by atoms with E-state index in [0.717, 1.165) is 25.7 Å². The number of nitrogens with zero attached hydrogens (tertiary/aromatic N) is 3. The molecule has 1 aromatic carbocycles. The SMILES string of the molecule is NC1CC2CCCC(C1)C2NC(=O)c1cnn(-c2ccc(F)cc2)n1. The van der Waals surface area contributed by atoms with Gasteiger partial charge >= 0.3 is 0 Å². The molecule has 2 aliphatic carbocycles. The lowest BCUT2D eigenvalue weighted by Crippen LogP contribution is -2.53. The topological polar surface area (TPSA) is 85.8 Å². The Morgan fingerprint density at radius 3 is 2.56 bits per heavy atom. The second-order valence-electron chi connectivity index (χ2n) is 7.18. The summed E-state index contributed by atoms with van der Waals surface area (Å²) < 4.78 is 13.0. The Morgan fingerprint density at radius 1 is 1.20 bits per heavy atom. The van der Waals surface area contributed by atoms with Crippen LogP contribution in [0.25, 0.3) is 5.69 Å². The first-order chi connectivity index (χ1) is 12.1. The summed E-state index contributed by atoms with van der Waals surface area (Å²) in [6, 6.07) is 6.25. The molecular weight excluding hydrogens is 321 g/mol. The molecule has 2 bridgehead atoms. The summed E-state index contributed by atoms with van der Waals surface area (Å²) in [5.74, 6) is 0.388. The molecule has 1 heterocycles. The molecule has 0 aliphatic heterocycles. The van der Waals surface area contributed by atoms with Crippen molar-refractivity contribution in [2.24, 2.45) is 17.6 Å². The first-order valence-corrected chi connectivity index (χ1v) is 8.85. The van der Waals surface area contributed by atoms with Crippen LogP contribution in [0.15, 0.2) is 30.5 Å². The fourth-order valence-corrected chi connectivity index (χ4v) is 4.32. The molecule has 7 heteroatoms. The zero-order valence-corrected chi connectivity index (χ0v) is 13.9. The van der Waals surface area contributed by atoms with Gasteiger partial charge < -0.3 is 11.1 Å². The fraction of sp³-hybridized carbons (Fsp3) is 0.500. The minimum atomic E-state index is -0.323. The highest BCUT2D eigenvalue weighted by Crippen LogP contribution is 2.39. The van der Waals surface area contributed by atoms with E-state index in [2.05, 4.69) is 15.5 Å². The number of benzene rings is 1. The summed E-state index contributed by atoms with van der Waals surface area (Å²) >= 11 is 0. The summed E-state index contributed by atoms with van der Waals surface area (Å²) in [6.07, 6.45) is 6.86.